The molecule has 4 saturated carbocycles. The minimum atomic E-state index is 0.870. The topological polar surface area (TPSA) is 12.0 Å². The van der Waals surface area contributed by atoms with Gasteiger partial charge >= 0.3 is 0 Å². The Bertz CT molecular complexity index is 284. The van der Waals surface area contributed by atoms with E-state index < -0.39 is 0 Å². The van der Waals surface area contributed by atoms with Crippen LogP contribution in [0.5, 0.6) is 0 Å². The van der Waals surface area contributed by atoms with Crippen LogP contribution in [-0.4, -0.2) is 12.1 Å². The van der Waals surface area contributed by atoms with Crippen molar-refractivity contribution in [3.63, 3.8) is 0 Å². The zero-order valence-electron chi connectivity index (χ0n) is 11.2. The molecule has 96 valence electrons. The molecule has 4 aliphatic rings. The van der Waals surface area contributed by atoms with E-state index in [-0.39, 0.29) is 0 Å². The first-order valence-corrected chi connectivity index (χ1v) is 8.09. The lowest BCUT2D eigenvalue weighted by Gasteiger charge is -2.19. The van der Waals surface area contributed by atoms with E-state index in [4.69, 9.17) is 0 Å². The summed E-state index contributed by atoms with van der Waals surface area (Å²) in [5, 5.41) is 4.06. The molecule has 2 bridgehead atoms. The molecule has 1 N–H and O–H groups in total. The largest absolute Gasteiger partial charge is 0.311 e. The van der Waals surface area contributed by atoms with Gasteiger partial charge in [0.1, 0.15) is 0 Å². The second kappa shape index (κ2) is 3.98. The number of fused-ring (bicyclic) bond motifs is 5. The normalized spacial score (nSPS) is 56.6. The molecule has 0 aliphatic heterocycles. The molecule has 17 heavy (non-hydrogen) atoms. The molecular weight excluding hydrogens is 206 g/mol. The van der Waals surface area contributed by atoms with Gasteiger partial charge in [-0.05, 0) is 68.1 Å². The number of rotatable bonds is 2. The van der Waals surface area contributed by atoms with Crippen LogP contribution in [0, 0.1) is 29.6 Å². The van der Waals surface area contributed by atoms with Crippen molar-refractivity contribution < 1.29 is 0 Å². The Hall–Kier alpha value is -0.0400. The molecule has 1 nitrogen and oxygen atoms in total. The summed E-state index contributed by atoms with van der Waals surface area (Å²) in [6, 6.07) is 1.83. The fourth-order valence-electron chi connectivity index (χ4n) is 5.47. The third kappa shape index (κ3) is 1.77. The molecule has 0 aromatic heterocycles. The maximum atomic E-state index is 4.06. The molecule has 4 aliphatic carbocycles. The lowest BCUT2D eigenvalue weighted by molar-refractivity contribution is 0.388. The molecule has 0 saturated heterocycles. The highest BCUT2D eigenvalue weighted by Crippen LogP contribution is 2.65. The van der Waals surface area contributed by atoms with E-state index in [0.29, 0.717) is 0 Å². The molecule has 0 heterocycles. The van der Waals surface area contributed by atoms with E-state index in [9.17, 15) is 0 Å². The maximum absolute atomic E-state index is 4.06. The van der Waals surface area contributed by atoms with Gasteiger partial charge in [-0.2, -0.15) is 0 Å². The summed E-state index contributed by atoms with van der Waals surface area (Å²) in [6.45, 7) is 2.44. The highest BCUT2D eigenvalue weighted by atomic mass is 15.0. The Morgan fingerprint density at radius 3 is 2.35 bits per heavy atom. The molecule has 0 radical (unpaired) electrons. The highest BCUT2D eigenvalue weighted by Gasteiger charge is 2.64. The van der Waals surface area contributed by atoms with Crippen molar-refractivity contribution in [2.45, 2.75) is 70.4 Å². The summed E-state index contributed by atoms with van der Waals surface area (Å²) in [5.41, 5.74) is 0. The zero-order chi connectivity index (χ0) is 11.4. The predicted molar refractivity (Wildman–Crippen MR) is 70.8 cm³/mol. The van der Waals surface area contributed by atoms with E-state index in [2.05, 4.69) is 12.2 Å². The van der Waals surface area contributed by atoms with Crippen LogP contribution in [0.4, 0.5) is 0 Å². The van der Waals surface area contributed by atoms with Crippen molar-refractivity contribution >= 4 is 0 Å². The maximum Gasteiger partial charge on any atom is 0.0138 e. The van der Waals surface area contributed by atoms with Crippen LogP contribution in [0.1, 0.15) is 58.3 Å². The Morgan fingerprint density at radius 1 is 0.824 bits per heavy atom. The third-order valence-electron chi connectivity index (χ3n) is 6.42. The predicted octanol–water partition coefficient (Wildman–Crippen LogP) is 3.59. The van der Waals surface area contributed by atoms with Gasteiger partial charge in [0.15, 0.2) is 0 Å². The van der Waals surface area contributed by atoms with Gasteiger partial charge in [0, 0.05) is 12.1 Å². The lowest BCUT2D eigenvalue weighted by atomic mass is 10.0. The molecule has 0 aromatic carbocycles. The number of hydrogen-bond acceptors (Lipinski definition) is 1. The van der Waals surface area contributed by atoms with E-state index >= 15 is 0 Å². The average molecular weight is 233 g/mol. The summed E-state index contributed by atoms with van der Waals surface area (Å²) in [4.78, 5) is 0. The fourth-order valence-corrected chi connectivity index (χ4v) is 5.47. The van der Waals surface area contributed by atoms with Crippen LogP contribution in [0.25, 0.3) is 0 Å². The molecular formula is C16H27N. The molecule has 6 unspecified atom stereocenters. The van der Waals surface area contributed by atoms with Crippen LogP contribution in [0.2, 0.25) is 0 Å². The fraction of sp³-hybridized carbons (Fsp3) is 1.00. The Morgan fingerprint density at radius 2 is 1.59 bits per heavy atom. The van der Waals surface area contributed by atoms with Gasteiger partial charge in [-0.25, -0.2) is 0 Å². The van der Waals surface area contributed by atoms with E-state index in [0.717, 1.165) is 41.7 Å². The van der Waals surface area contributed by atoms with Crippen molar-refractivity contribution in [1.29, 1.82) is 0 Å². The van der Waals surface area contributed by atoms with E-state index in [1.807, 2.05) is 0 Å². The van der Waals surface area contributed by atoms with Crippen LogP contribution in [0.3, 0.4) is 0 Å². The number of nitrogens with one attached hydrogen (secondary N) is 1. The SMILES string of the molecule is CC1CCCC(NC2C3C4CCC(C4)C23)CC1. The van der Waals surface area contributed by atoms with Crippen LogP contribution in [0.15, 0.2) is 0 Å². The van der Waals surface area contributed by atoms with Crippen LogP contribution >= 0.6 is 0 Å². The van der Waals surface area contributed by atoms with E-state index in [1.165, 1.54) is 32.1 Å². The average Bonchev–Trinajstić information content (AvgIpc) is 2.77. The molecule has 0 amide bonds. The van der Waals surface area contributed by atoms with Crippen molar-refractivity contribution in [2.24, 2.45) is 29.6 Å². The smallest absolute Gasteiger partial charge is 0.0138 e. The summed E-state index contributed by atoms with van der Waals surface area (Å²) in [7, 11) is 0. The van der Waals surface area contributed by atoms with Crippen molar-refractivity contribution in [1.82, 2.24) is 5.32 Å². The molecule has 0 spiro atoms. The molecule has 1 heteroatoms. The first kappa shape index (κ1) is 10.8. The van der Waals surface area contributed by atoms with Crippen molar-refractivity contribution in [2.75, 3.05) is 0 Å². The standard InChI is InChI=1S/C16H27N/c1-10-3-2-4-13(8-5-10)17-16-14-11-6-7-12(9-11)15(14)16/h10-17H,2-9H2,1H3. The minimum Gasteiger partial charge on any atom is -0.311 e. The zero-order valence-corrected chi connectivity index (χ0v) is 11.2. The Kier molecular flexibility index (Phi) is 2.54. The first-order valence-electron chi connectivity index (χ1n) is 8.09. The van der Waals surface area contributed by atoms with Crippen molar-refractivity contribution in [3.8, 4) is 0 Å². The lowest BCUT2D eigenvalue weighted by Crippen LogP contribution is -2.33. The van der Waals surface area contributed by atoms with Gasteiger partial charge in [0.25, 0.3) is 0 Å². The van der Waals surface area contributed by atoms with Gasteiger partial charge in [-0.3, -0.25) is 0 Å². The molecule has 0 aromatic rings. The number of hydrogen-bond donors (Lipinski definition) is 1. The van der Waals surface area contributed by atoms with Gasteiger partial charge in [0.2, 0.25) is 0 Å². The minimum absolute atomic E-state index is 0.870. The van der Waals surface area contributed by atoms with Gasteiger partial charge < -0.3 is 5.32 Å². The summed E-state index contributed by atoms with van der Waals surface area (Å²) < 4.78 is 0. The molecule has 4 rings (SSSR count). The molecule has 4 fully saturated rings. The van der Waals surface area contributed by atoms with Gasteiger partial charge in [0.05, 0.1) is 0 Å². The quantitative estimate of drug-likeness (QED) is 0.719. The van der Waals surface area contributed by atoms with E-state index in [1.54, 1.807) is 19.3 Å². The Balaban J connectivity index is 1.34. The van der Waals surface area contributed by atoms with Crippen molar-refractivity contribution in [3.05, 3.63) is 0 Å². The third-order valence-corrected chi connectivity index (χ3v) is 6.42. The second-order valence-electron chi connectivity index (χ2n) is 7.49. The highest BCUT2D eigenvalue weighted by molar-refractivity contribution is 5.17. The van der Waals surface area contributed by atoms with Crippen LogP contribution in [-0.2, 0) is 0 Å². The Labute approximate surface area is 106 Å². The van der Waals surface area contributed by atoms with Crippen LogP contribution < -0.4 is 5.32 Å². The monoisotopic (exact) mass is 233 g/mol. The summed E-state index contributed by atoms with van der Waals surface area (Å²) in [6.07, 6.45) is 12.0. The summed E-state index contributed by atoms with van der Waals surface area (Å²) in [5.74, 6) is 5.49. The van der Waals surface area contributed by atoms with Gasteiger partial charge in [-0.1, -0.05) is 19.8 Å². The second-order valence-corrected chi connectivity index (χ2v) is 7.49. The van der Waals surface area contributed by atoms with Gasteiger partial charge in [-0.15, -0.1) is 0 Å². The first-order chi connectivity index (χ1) is 8.33. The molecule has 6 atom stereocenters. The summed E-state index contributed by atoms with van der Waals surface area (Å²) >= 11 is 0.